The van der Waals surface area contributed by atoms with Crippen LogP contribution in [-0.2, 0) is 0 Å². The Morgan fingerprint density at radius 3 is 2.79 bits per heavy atom. The Kier molecular flexibility index (Phi) is 2.87. The van der Waals surface area contributed by atoms with Gasteiger partial charge in [-0.3, -0.25) is 10.1 Å². The fourth-order valence-electron chi connectivity index (χ4n) is 2.39. The van der Waals surface area contributed by atoms with Crippen LogP contribution in [0.5, 0.6) is 0 Å². The van der Waals surface area contributed by atoms with Gasteiger partial charge in [0.05, 0.1) is 4.92 Å². The minimum atomic E-state index is -0.393. The molecule has 0 amide bonds. The van der Waals surface area contributed by atoms with Gasteiger partial charge in [0.25, 0.3) is 5.69 Å². The van der Waals surface area contributed by atoms with Gasteiger partial charge in [-0.2, -0.15) is 0 Å². The van der Waals surface area contributed by atoms with Crippen molar-refractivity contribution in [2.75, 3.05) is 5.32 Å². The molecule has 0 bridgehead atoms. The van der Waals surface area contributed by atoms with Crippen LogP contribution in [0.25, 0.3) is 10.9 Å². The van der Waals surface area contributed by atoms with E-state index in [1.807, 2.05) is 6.07 Å². The summed E-state index contributed by atoms with van der Waals surface area (Å²) >= 11 is 0. The van der Waals surface area contributed by atoms with Crippen LogP contribution in [0.15, 0.2) is 42.6 Å². The third-order valence-electron chi connectivity index (χ3n) is 3.31. The lowest BCUT2D eigenvalue weighted by molar-refractivity contribution is -0.383. The van der Waals surface area contributed by atoms with E-state index in [2.05, 4.69) is 22.5 Å². The number of non-ortho nitro benzene ring substituents is 1. The minimum Gasteiger partial charge on any atom is -0.381 e. The maximum absolute atomic E-state index is 11.0. The zero-order valence-electron chi connectivity index (χ0n) is 10.2. The molecule has 96 valence electrons. The first kappa shape index (κ1) is 11.6. The van der Waals surface area contributed by atoms with E-state index < -0.39 is 4.92 Å². The topological polar surface area (TPSA) is 68.1 Å². The second kappa shape index (κ2) is 4.68. The number of nitrogens with zero attached hydrogens (tertiary/aromatic N) is 2. The van der Waals surface area contributed by atoms with Crippen molar-refractivity contribution in [2.45, 2.75) is 18.9 Å². The first-order valence-electron chi connectivity index (χ1n) is 6.19. The van der Waals surface area contributed by atoms with Gasteiger partial charge in [0.2, 0.25) is 0 Å². The highest BCUT2D eigenvalue weighted by molar-refractivity contribution is 5.97. The highest BCUT2D eigenvalue weighted by Gasteiger charge is 2.17. The van der Waals surface area contributed by atoms with Gasteiger partial charge in [-0.25, -0.2) is 4.98 Å². The average molecular weight is 255 g/mol. The fourth-order valence-corrected chi connectivity index (χ4v) is 2.39. The molecular weight excluding hydrogens is 242 g/mol. The molecule has 2 aromatic rings. The fraction of sp³-hybridized carbons (Fsp3) is 0.214. The Morgan fingerprint density at radius 1 is 1.26 bits per heavy atom. The number of rotatable bonds is 3. The monoisotopic (exact) mass is 255 g/mol. The lowest BCUT2D eigenvalue weighted by Crippen LogP contribution is -2.15. The van der Waals surface area contributed by atoms with E-state index in [1.165, 1.54) is 6.07 Å². The highest BCUT2D eigenvalue weighted by atomic mass is 16.6. The zero-order valence-corrected chi connectivity index (χ0v) is 10.2. The quantitative estimate of drug-likeness (QED) is 0.519. The van der Waals surface area contributed by atoms with Crippen LogP contribution in [0.1, 0.15) is 12.8 Å². The van der Waals surface area contributed by atoms with E-state index in [-0.39, 0.29) is 5.69 Å². The Morgan fingerprint density at radius 2 is 2.05 bits per heavy atom. The first-order valence-corrected chi connectivity index (χ1v) is 6.19. The first-order chi connectivity index (χ1) is 9.25. The van der Waals surface area contributed by atoms with Crippen LogP contribution in [0.4, 0.5) is 11.4 Å². The van der Waals surface area contributed by atoms with Crippen molar-refractivity contribution < 1.29 is 4.92 Å². The number of anilines is 1. The van der Waals surface area contributed by atoms with Gasteiger partial charge in [0, 0.05) is 29.4 Å². The van der Waals surface area contributed by atoms with Crippen molar-refractivity contribution in [2.24, 2.45) is 0 Å². The number of hydrogen-bond donors (Lipinski definition) is 1. The molecule has 1 aromatic carbocycles. The summed E-state index contributed by atoms with van der Waals surface area (Å²) in [5.74, 6) is 0. The molecular formula is C14H13N3O2. The molecule has 5 heteroatoms. The van der Waals surface area contributed by atoms with Gasteiger partial charge in [-0.15, -0.1) is 0 Å². The van der Waals surface area contributed by atoms with E-state index in [4.69, 9.17) is 0 Å². The third-order valence-corrected chi connectivity index (χ3v) is 3.31. The van der Waals surface area contributed by atoms with Gasteiger partial charge >= 0.3 is 0 Å². The van der Waals surface area contributed by atoms with Crippen molar-refractivity contribution in [3.05, 3.63) is 52.7 Å². The molecule has 19 heavy (non-hydrogen) atoms. The van der Waals surface area contributed by atoms with E-state index in [1.54, 1.807) is 18.3 Å². The Bertz CT molecular complexity index is 659. The van der Waals surface area contributed by atoms with Gasteiger partial charge in [0.15, 0.2) is 0 Å². The molecule has 5 nitrogen and oxygen atoms in total. The summed E-state index contributed by atoms with van der Waals surface area (Å²) in [6, 6.07) is 7.30. The lowest BCUT2D eigenvalue weighted by Gasteiger charge is -2.15. The molecule has 0 fully saturated rings. The molecule has 1 aliphatic carbocycles. The molecule has 0 saturated heterocycles. The molecule has 0 unspecified atom stereocenters. The molecule has 1 heterocycles. The van der Waals surface area contributed by atoms with Gasteiger partial charge in [0.1, 0.15) is 5.52 Å². The second-order valence-electron chi connectivity index (χ2n) is 4.57. The minimum absolute atomic E-state index is 0.0469. The molecule has 0 saturated carbocycles. The maximum atomic E-state index is 11.0. The summed E-state index contributed by atoms with van der Waals surface area (Å²) in [6.45, 7) is 0. The zero-order chi connectivity index (χ0) is 13.2. The van der Waals surface area contributed by atoms with E-state index >= 15 is 0 Å². The molecule has 1 aliphatic rings. The summed E-state index contributed by atoms with van der Waals surface area (Å²) < 4.78 is 0. The molecule has 0 aliphatic heterocycles. The predicted octanol–water partition coefficient (Wildman–Crippen LogP) is 3.27. The smallest absolute Gasteiger partial charge is 0.295 e. The number of benzene rings is 1. The summed E-state index contributed by atoms with van der Waals surface area (Å²) in [4.78, 5) is 14.8. The van der Waals surface area contributed by atoms with Crippen molar-refractivity contribution in [3.63, 3.8) is 0 Å². The van der Waals surface area contributed by atoms with Crippen LogP contribution < -0.4 is 5.32 Å². The summed E-state index contributed by atoms with van der Waals surface area (Å²) in [6.07, 6.45) is 7.83. The SMILES string of the molecule is O=[N+]([O-])c1ccc(NC2CC=CC2)c2cccnc12. The molecule has 1 aromatic heterocycles. The normalized spacial score (nSPS) is 14.9. The Hall–Kier alpha value is -2.43. The highest BCUT2D eigenvalue weighted by Crippen LogP contribution is 2.31. The molecule has 0 atom stereocenters. The standard InChI is InChI=1S/C14H13N3O2/c18-17(19)13-8-7-12(16-10-4-1-2-5-10)11-6-3-9-15-14(11)13/h1-3,6-10,16H,4-5H2. The van der Waals surface area contributed by atoms with Gasteiger partial charge < -0.3 is 5.32 Å². The van der Waals surface area contributed by atoms with Crippen LogP contribution in [0.3, 0.4) is 0 Å². The van der Waals surface area contributed by atoms with Gasteiger partial charge in [-0.1, -0.05) is 12.2 Å². The maximum Gasteiger partial charge on any atom is 0.295 e. The summed E-state index contributed by atoms with van der Waals surface area (Å²) in [7, 11) is 0. The number of nitro benzene ring substituents is 1. The third kappa shape index (κ3) is 2.14. The summed E-state index contributed by atoms with van der Waals surface area (Å²) in [5, 5.41) is 15.2. The number of aromatic nitrogens is 1. The van der Waals surface area contributed by atoms with E-state index in [0.29, 0.717) is 11.6 Å². The Labute approximate surface area is 110 Å². The average Bonchev–Trinajstić information content (AvgIpc) is 2.91. The van der Waals surface area contributed by atoms with E-state index in [9.17, 15) is 10.1 Å². The number of pyridine rings is 1. The van der Waals surface area contributed by atoms with Crippen molar-refractivity contribution in [3.8, 4) is 0 Å². The predicted molar refractivity (Wildman–Crippen MR) is 74.2 cm³/mol. The van der Waals surface area contributed by atoms with Crippen molar-refractivity contribution >= 4 is 22.3 Å². The molecule has 1 N–H and O–H groups in total. The summed E-state index contributed by atoms with van der Waals surface area (Å²) in [5.41, 5.74) is 1.39. The second-order valence-corrected chi connectivity index (χ2v) is 4.57. The van der Waals surface area contributed by atoms with Crippen LogP contribution in [0.2, 0.25) is 0 Å². The molecule has 0 radical (unpaired) electrons. The van der Waals surface area contributed by atoms with Crippen molar-refractivity contribution in [1.82, 2.24) is 4.98 Å². The number of fused-ring (bicyclic) bond motifs is 1. The Balaban J connectivity index is 2.05. The number of nitrogens with one attached hydrogen (secondary N) is 1. The number of hydrogen-bond acceptors (Lipinski definition) is 4. The lowest BCUT2D eigenvalue weighted by atomic mass is 10.1. The largest absolute Gasteiger partial charge is 0.381 e. The number of nitro groups is 1. The molecule has 3 rings (SSSR count). The van der Waals surface area contributed by atoms with Crippen LogP contribution >= 0.6 is 0 Å². The van der Waals surface area contributed by atoms with Crippen LogP contribution in [0, 0.1) is 10.1 Å². The van der Waals surface area contributed by atoms with Crippen molar-refractivity contribution in [1.29, 1.82) is 0 Å². The van der Waals surface area contributed by atoms with Crippen LogP contribution in [-0.4, -0.2) is 15.9 Å². The molecule has 0 spiro atoms. The van der Waals surface area contributed by atoms with E-state index in [0.717, 1.165) is 23.9 Å². The van der Waals surface area contributed by atoms with Gasteiger partial charge in [-0.05, 0) is 31.0 Å².